The van der Waals surface area contributed by atoms with Crippen LogP contribution < -0.4 is 4.90 Å². The number of hydrogen-bond acceptors (Lipinski definition) is 5. The molecule has 1 aliphatic rings. The van der Waals surface area contributed by atoms with Gasteiger partial charge in [0.15, 0.2) is 5.13 Å². The van der Waals surface area contributed by atoms with Gasteiger partial charge in [-0.25, -0.2) is 14.2 Å². The van der Waals surface area contributed by atoms with Gasteiger partial charge in [0.25, 0.3) is 0 Å². The molecule has 1 fully saturated rings. The van der Waals surface area contributed by atoms with Crippen LogP contribution in [-0.2, 0) is 9.53 Å². The van der Waals surface area contributed by atoms with E-state index >= 15 is 0 Å². The van der Waals surface area contributed by atoms with E-state index in [0.29, 0.717) is 16.6 Å². The summed E-state index contributed by atoms with van der Waals surface area (Å²) >= 11 is 1.14. The molecule has 0 aliphatic heterocycles. The molecule has 0 N–H and O–H groups in total. The summed E-state index contributed by atoms with van der Waals surface area (Å²) in [5.74, 6) is -0.765. The summed E-state index contributed by atoms with van der Waals surface area (Å²) in [7, 11) is 1.31. The van der Waals surface area contributed by atoms with Crippen molar-refractivity contribution in [3.05, 3.63) is 46.7 Å². The van der Waals surface area contributed by atoms with Gasteiger partial charge in [0.2, 0.25) is 5.91 Å². The van der Waals surface area contributed by atoms with Crippen LogP contribution in [0.15, 0.2) is 30.5 Å². The van der Waals surface area contributed by atoms with E-state index in [4.69, 9.17) is 0 Å². The fraction of sp³-hybridized carbons (Fsp3) is 0.353. The van der Waals surface area contributed by atoms with Crippen LogP contribution in [0.2, 0.25) is 0 Å². The number of hydrogen-bond donors (Lipinski definition) is 0. The average Bonchev–Trinajstić information content (AvgIpc) is 3.25. The van der Waals surface area contributed by atoms with Crippen LogP contribution in [0.4, 0.5) is 9.52 Å². The minimum absolute atomic E-state index is 0.0161. The second kappa shape index (κ2) is 6.68. The van der Waals surface area contributed by atoms with E-state index < -0.39 is 5.97 Å². The first-order valence-electron chi connectivity index (χ1n) is 7.66. The molecule has 2 aromatic rings. The van der Waals surface area contributed by atoms with Crippen molar-refractivity contribution in [3.63, 3.8) is 0 Å². The third-order valence-electron chi connectivity index (χ3n) is 4.10. The smallest absolute Gasteiger partial charge is 0.349 e. The molecule has 0 spiro atoms. The Morgan fingerprint density at radius 2 is 2.08 bits per heavy atom. The molecule has 1 heterocycles. The van der Waals surface area contributed by atoms with Crippen LogP contribution in [-0.4, -0.2) is 30.5 Å². The maximum atomic E-state index is 13.0. The van der Waals surface area contributed by atoms with E-state index in [2.05, 4.69) is 9.72 Å². The number of carbonyl (C=O) groups is 2. The lowest BCUT2D eigenvalue weighted by atomic mass is 10.1. The largest absolute Gasteiger partial charge is 0.465 e. The van der Waals surface area contributed by atoms with Gasteiger partial charge in [-0.15, -0.1) is 0 Å². The third kappa shape index (κ3) is 3.17. The highest BCUT2D eigenvalue weighted by Gasteiger charge is 2.46. The van der Waals surface area contributed by atoms with Gasteiger partial charge in [0.1, 0.15) is 10.7 Å². The normalized spacial score (nSPS) is 19.0. The minimum Gasteiger partial charge on any atom is -0.465 e. The van der Waals surface area contributed by atoms with Gasteiger partial charge in [-0.1, -0.05) is 23.5 Å². The van der Waals surface area contributed by atoms with E-state index in [-0.39, 0.29) is 23.6 Å². The molecule has 7 heteroatoms. The molecule has 0 bridgehead atoms. The Kier molecular flexibility index (Phi) is 4.62. The zero-order chi connectivity index (χ0) is 17.3. The first-order valence-corrected chi connectivity index (χ1v) is 8.47. The van der Waals surface area contributed by atoms with Gasteiger partial charge in [0.05, 0.1) is 13.3 Å². The van der Waals surface area contributed by atoms with Crippen molar-refractivity contribution >= 4 is 28.3 Å². The predicted octanol–water partition coefficient (Wildman–Crippen LogP) is 3.23. The summed E-state index contributed by atoms with van der Waals surface area (Å²) in [6.45, 7) is 2.34. The van der Waals surface area contributed by atoms with E-state index in [1.165, 1.54) is 25.4 Å². The summed E-state index contributed by atoms with van der Waals surface area (Å²) in [5.41, 5.74) is 0.972. The molecule has 1 saturated carbocycles. The third-order valence-corrected chi connectivity index (χ3v) is 5.10. The Hall–Kier alpha value is -2.28. The number of ether oxygens (including phenoxy) is 1. The Balaban J connectivity index is 1.72. The molecule has 1 aliphatic carbocycles. The van der Waals surface area contributed by atoms with E-state index in [9.17, 15) is 14.0 Å². The van der Waals surface area contributed by atoms with Crippen LogP contribution in [0.25, 0.3) is 0 Å². The number of carbonyl (C=O) groups excluding carboxylic acids is 2. The summed E-state index contributed by atoms with van der Waals surface area (Å²) in [4.78, 5) is 30.4. The van der Waals surface area contributed by atoms with Crippen molar-refractivity contribution in [1.29, 1.82) is 0 Å². The molecule has 0 saturated heterocycles. The number of rotatable bonds is 5. The van der Waals surface area contributed by atoms with Gasteiger partial charge in [0, 0.05) is 12.5 Å². The van der Waals surface area contributed by atoms with E-state index in [1.54, 1.807) is 17.0 Å². The van der Waals surface area contributed by atoms with Crippen LogP contribution in [0.1, 0.15) is 34.5 Å². The number of aromatic nitrogens is 1. The van der Waals surface area contributed by atoms with Crippen molar-refractivity contribution < 1.29 is 18.7 Å². The van der Waals surface area contributed by atoms with Crippen molar-refractivity contribution in [2.24, 2.45) is 5.92 Å². The molecule has 3 rings (SSSR count). The van der Waals surface area contributed by atoms with Crippen molar-refractivity contribution in [2.45, 2.75) is 19.3 Å². The Morgan fingerprint density at radius 1 is 1.38 bits per heavy atom. The van der Waals surface area contributed by atoms with Gasteiger partial charge >= 0.3 is 5.97 Å². The molecule has 1 aromatic carbocycles. The Labute approximate surface area is 143 Å². The average molecular weight is 348 g/mol. The minimum atomic E-state index is -0.460. The highest BCUT2D eigenvalue weighted by Crippen LogP contribution is 2.49. The second-order valence-corrected chi connectivity index (χ2v) is 6.59. The maximum Gasteiger partial charge on any atom is 0.349 e. The highest BCUT2D eigenvalue weighted by molar-refractivity contribution is 7.17. The predicted molar refractivity (Wildman–Crippen MR) is 88.7 cm³/mol. The topological polar surface area (TPSA) is 59.5 Å². The van der Waals surface area contributed by atoms with Crippen LogP contribution in [0.3, 0.4) is 0 Å². The number of methoxy groups -OCH3 is 1. The lowest BCUT2D eigenvalue weighted by Gasteiger charge is -2.17. The molecule has 5 nitrogen and oxygen atoms in total. The number of nitrogens with zero attached hydrogens (tertiary/aromatic N) is 2. The summed E-state index contributed by atoms with van der Waals surface area (Å²) < 4.78 is 17.7. The monoisotopic (exact) mass is 348 g/mol. The summed E-state index contributed by atoms with van der Waals surface area (Å²) in [6.07, 6.45) is 2.17. The Bertz CT molecular complexity index is 759. The lowest BCUT2D eigenvalue weighted by Crippen LogP contribution is -2.32. The maximum absolute atomic E-state index is 13.0. The molecule has 0 radical (unpaired) electrons. The summed E-state index contributed by atoms with van der Waals surface area (Å²) in [6, 6.07) is 6.27. The molecule has 1 amide bonds. The fourth-order valence-corrected chi connectivity index (χ4v) is 3.62. The standard InChI is InChI=1S/C17H17FN2O3S/c1-3-20(17-19-9-14(24-17)16(22)23-2)15(21)13-8-12(13)10-4-6-11(18)7-5-10/h4-7,9,12-13H,3,8H2,1-2H3/t12-,13-/m1/s1. The van der Waals surface area contributed by atoms with E-state index in [1.807, 2.05) is 6.92 Å². The van der Waals surface area contributed by atoms with Crippen LogP contribution in [0, 0.1) is 11.7 Å². The lowest BCUT2D eigenvalue weighted by molar-refractivity contribution is -0.119. The highest BCUT2D eigenvalue weighted by atomic mass is 32.1. The number of esters is 1. The molecular formula is C17H17FN2O3S. The molecule has 24 heavy (non-hydrogen) atoms. The van der Waals surface area contributed by atoms with Crippen LogP contribution in [0.5, 0.6) is 0 Å². The number of anilines is 1. The van der Waals surface area contributed by atoms with Gasteiger partial charge < -0.3 is 4.74 Å². The fourth-order valence-electron chi connectivity index (χ4n) is 2.72. The number of halogens is 1. The van der Waals surface area contributed by atoms with Crippen molar-refractivity contribution in [2.75, 3.05) is 18.6 Å². The first-order chi connectivity index (χ1) is 11.5. The number of amides is 1. The SMILES string of the molecule is CCN(C(=O)[C@@H]1C[C@@H]1c1ccc(F)cc1)c1ncc(C(=O)OC)s1. The summed E-state index contributed by atoms with van der Waals surface area (Å²) in [5, 5.41) is 0.493. The first kappa shape index (κ1) is 16.6. The molecule has 126 valence electrons. The molecular weight excluding hydrogens is 331 g/mol. The van der Waals surface area contributed by atoms with E-state index in [0.717, 1.165) is 23.3 Å². The number of benzene rings is 1. The quantitative estimate of drug-likeness (QED) is 0.779. The second-order valence-electron chi connectivity index (χ2n) is 5.58. The van der Waals surface area contributed by atoms with Gasteiger partial charge in [-0.3, -0.25) is 9.69 Å². The van der Waals surface area contributed by atoms with Crippen molar-refractivity contribution in [3.8, 4) is 0 Å². The van der Waals surface area contributed by atoms with Crippen LogP contribution >= 0.6 is 11.3 Å². The number of thiazole rings is 1. The van der Waals surface area contributed by atoms with Crippen molar-refractivity contribution in [1.82, 2.24) is 4.98 Å². The Morgan fingerprint density at radius 3 is 2.71 bits per heavy atom. The van der Waals surface area contributed by atoms with Gasteiger partial charge in [-0.2, -0.15) is 0 Å². The molecule has 1 aromatic heterocycles. The van der Waals surface area contributed by atoms with Gasteiger partial charge in [-0.05, 0) is 37.0 Å². The molecule has 2 atom stereocenters. The molecule has 0 unspecified atom stereocenters. The zero-order valence-electron chi connectivity index (χ0n) is 13.4. The zero-order valence-corrected chi connectivity index (χ0v) is 14.2.